The van der Waals surface area contributed by atoms with Crippen LogP contribution in [0, 0.1) is 5.92 Å². The molecule has 1 aliphatic heterocycles. The summed E-state index contributed by atoms with van der Waals surface area (Å²) < 4.78 is 1.90. The van der Waals surface area contributed by atoms with Crippen LogP contribution in [-0.4, -0.2) is 28.3 Å². The van der Waals surface area contributed by atoms with Gasteiger partial charge in [0.1, 0.15) is 5.82 Å². The zero-order valence-electron chi connectivity index (χ0n) is 15.4. The van der Waals surface area contributed by atoms with Crippen molar-refractivity contribution in [1.82, 2.24) is 15.1 Å². The predicted octanol–water partition coefficient (Wildman–Crippen LogP) is 3.86. The maximum absolute atomic E-state index is 12.8. The Kier molecular flexibility index (Phi) is 5.07. The molecule has 4 rings (SSSR count). The van der Waals surface area contributed by atoms with Crippen LogP contribution in [0.5, 0.6) is 0 Å². The van der Waals surface area contributed by atoms with Crippen molar-refractivity contribution < 1.29 is 4.79 Å². The molecule has 2 atom stereocenters. The fourth-order valence-corrected chi connectivity index (χ4v) is 4.27. The molecule has 2 N–H and O–H groups in total. The van der Waals surface area contributed by atoms with Crippen molar-refractivity contribution in [2.45, 2.75) is 57.4 Å². The van der Waals surface area contributed by atoms with E-state index in [1.807, 2.05) is 35.0 Å². The highest BCUT2D eigenvalue weighted by molar-refractivity contribution is 5.92. The third-order valence-corrected chi connectivity index (χ3v) is 5.75. The number of para-hydroxylation sites is 1. The van der Waals surface area contributed by atoms with Gasteiger partial charge in [-0.1, -0.05) is 31.0 Å². The first kappa shape index (κ1) is 17.3. The van der Waals surface area contributed by atoms with E-state index in [1.54, 1.807) is 0 Å². The minimum atomic E-state index is 0.0697. The first-order valence-corrected chi connectivity index (χ1v) is 9.90. The molecule has 1 amide bonds. The molecule has 1 aliphatic carbocycles. The summed E-state index contributed by atoms with van der Waals surface area (Å²) >= 11 is 0. The molecular weight excluding hydrogens is 324 g/mol. The third-order valence-electron chi connectivity index (χ3n) is 5.75. The second kappa shape index (κ2) is 7.62. The molecule has 0 unspecified atom stereocenters. The number of benzene rings is 1. The molecule has 0 spiro atoms. The second-order valence-corrected chi connectivity index (χ2v) is 7.75. The molecule has 2 aromatic rings. The molecule has 2 heterocycles. The van der Waals surface area contributed by atoms with E-state index in [2.05, 4.69) is 23.6 Å². The number of aromatic nitrogens is 2. The molecule has 1 saturated heterocycles. The summed E-state index contributed by atoms with van der Waals surface area (Å²) in [7, 11) is 0. The zero-order chi connectivity index (χ0) is 17.9. The van der Waals surface area contributed by atoms with E-state index in [9.17, 15) is 4.79 Å². The summed E-state index contributed by atoms with van der Waals surface area (Å²) in [6.45, 7) is 3.05. The van der Waals surface area contributed by atoms with Crippen LogP contribution in [0.3, 0.4) is 0 Å². The average molecular weight is 352 g/mol. The van der Waals surface area contributed by atoms with Gasteiger partial charge >= 0.3 is 0 Å². The molecule has 1 aromatic carbocycles. The van der Waals surface area contributed by atoms with Gasteiger partial charge in [-0.15, -0.1) is 0 Å². The standard InChI is InChI=1S/C21H28N4O/c1-15-13-17(11-12-22-15)21(26)23-20-14-19(16-7-5-6-8-16)24-25(20)18-9-3-2-4-10-18/h2-4,9-10,14-17,22H,5-8,11-13H2,1H3,(H,23,26)/t15-,17-/m0/s1. The predicted molar refractivity (Wildman–Crippen MR) is 104 cm³/mol. The summed E-state index contributed by atoms with van der Waals surface area (Å²) in [5, 5.41) is 11.5. The van der Waals surface area contributed by atoms with Crippen molar-refractivity contribution in [3.63, 3.8) is 0 Å². The van der Waals surface area contributed by atoms with Gasteiger partial charge in [-0.2, -0.15) is 5.10 Å². The van der Waals surface area contributed by atoms with E-state index >= 15 is 0 Å². The summed E-state index contributed by atoms with van der Waals surface area (Å²) in [5.74, 6) is 1.51. The number of rotatable bonds is 4. The minimum Gasteiger partial charge on any atom is -0.314 e. The van der Waals surface area contributed by atoms with Crippen molar-refractivity contribution in [2.24, 2.45) is 5.92 Å². The largest absolute Gasteiger partial charge is 0.314 e. The number of amides is 1. The first-order valence-electron chi connectivity index (χ1n) is 9.90. The number of hydrogen-bond donors (Lipinski definition) is 2. The molecule has 2 aliphatic rings. The Balaban J connectivity index is 1.60. The summed E-state index contributed by atoms with van der Waals surface area (Å²) in [6, 6.07) is 12.6. The Hall–Kier alpha value is -2.14. The number of nitrogens with one attached hydrogen (secondary N) is 2. The highest BCUT2D eigenvalue weighted by Crippen LogP contribution is 2.35. The van der Waals surface area contributed by atoms with Gasteiger partial charge in [0.2, 0.25) is 5.91 Å². The zero-order valence-corrected chi connectivity index (χ0v) is 15.4. The number of carbonyl (C=O) groups is 1. The maximum Gasteiger partial charge on any atom is 0.228 e. The smallest absolute Gasteiger partial charge is 0.228 e. The van der Waals surface area contributed by atoms with Gasteiger partial charge in [-0.05, 0) is 51.3 Å². The van der Waals surface area contributed by atoms with E-state index in [4.69, 9.17) is 5.10 Å². The molecule has 26 heavy (non-hydrogen) atoms. The van der Waals surface area contributed by atoms with E-state index in [0.717, 1.165) is 36.6 Å². The lowest BCUT2D eigenvalue weighted by molar-refractivity contribution is -0.120. The summed E-state index contributed by atoms with van der Waals surface area (Å²) in [6.07, 6.45) is 6.73. The van der Waals surface area contributed by atoms with E-state index < -0.39 is 0 Å². The third kappa shape index (κ3) is 3.68. The van der Waals surface area contributed by atoms with Crippen LogP contribution in [0.25, 0.3) is 5.69 Å². The lowest BCUT2D eigenvalue weighted by Gasteiger charge is -2.27. The lowest BCUT2D eigenvalue weighted by atomic mass is 9.92. The molecule has 2 fully saturated rings. The van der Waals surface area contributed by atoms with Gasteiger partial charge in [0, 0.05) is 23.9 Å². The van der Waals surface area contributed by atoms with E-state index in [1.165, 1.54) is 25.7 Å². The number of anilines is 1. The van der Waals surface area contributed by atoms with Crippen molar-refractivity contribution in [3.8, 4) is 5.69 Å². The van der Waals surface area contributed by atoms with Gasteiger partial charge in [0.25, 0.3) is 0 Å². The van der Waals surface area contributed by atoms with Crippen LogP contribution in [0.2, 0.25) is 0 Å². The molecule has 5 heteroatoms. The quantitative estimate of drug-likeness (QED) is 0.878. The number of carbonyl (C=O) groups excluding carboxylic acids is 1. The molecule has 1 saturated carbocycles. The second-order valence-electron chi connectivity index (χ2n) is 7.75. The SMILES string of the molecule is C[C@H]1C[C@@H](C(=O)Nc2cc(C3CCCC3)nn2-c2ccccc2)CCN1. The van der Waals surface area contributed by atoms with Crippen molar-refractivity contribution in [1.29, 1.82) is 0 Å². The Morgan fingerprint density at radius 2 is 1.96 bits per heavy atom. The first-order chi connectivity index (χ1) is 12.7. The molecule has 0 radical (unpaired) electrons. The van der Waals surface area contributed by atoms with Crippen LogP contribution in [-0.2, 0) is 4.79 Å². The number of piperidine rings is 1. The normalized spacial score (nSPS) is 23.9. The highest BCUT2D eigenvalue weighted by atomic mass is 16.2. The molecular formula is C21H28N4O. The maximum atomic E-state index is 12.8. The van der Waals surface area contributed by atoms with Crippen LogP contribution in [0.4, 0.5) is 5.82 Å². The molecule has 0 bridgehead atoms. The molecule has 138 valence electrons. The Morgan fingerprint density at radius 1 is 1.19 bits per heavy atom. The fourth-order valence-electron chi connectivity index (χ4n) is 4.27. The number of nitrogens with zero attached hydrogens (tertiary/aromatic N) is 2. The Morgan fingerprint density at radius 3 is 2.69 bits per heavy atom. The van der Waals surface area contributed by atoms with Crippen molar-refractivity contribution in [2.75, 3.05) is 11.9 Å². The minimum absolute atomic E-state index is 0.0697. The van der Waals surface area contributed by atoms with Gasteiger partial charge in [0.05, 0.1) is 11.4 Å². The van der Waals surface area contributed by atoms with Crippen LogP contribution in [0.15, 0.2) is 36.4 Å². The Bertz CT molecular complexity index is 749. The highest BCUT2D eigenvalue weighted by Gasteiger charge is 2.27. The van der Waals surface area contributed by atoms with E-state index in [0.29, 0.717) is 12.0 Å². The number of hydrogen-bond acceptors (Lipinski definition) is 3. The van der Waals surface area contributed by atoms with Crippen molar-refractivity contribution in [3.05, 3.63) is 42.1 Å². The average Bonchev–Trinajstić information content (AvgIpc) is 3.32. The topological polar surface area (TPSA) is 59.0 Å². The van der Waals surface area contributed by atoms with E-state index in [-0.39, 0.29) is 11.8 Å². The van der Waals surface area contributed by atoms with Crippen molar-refractivity contribution >= 4 is 11.7 Å². The van der Waals surface area contributed by atoms with Gasteiger partial charge in [-0.3, -0.25) is 4.79 Å². The van der Waals surface area contributed by atoms with Gasteiger partial charge in [0.15, 0.2) is 0 Å². The fraction of sp³-hybridized carbons (Fsp3) is 0.524. The summed E-state index contributed by atoms with van der Waals surface area (Å²) in [4.78, 5) is 12.8. The summed E-state index contributed by atoms with van der Waals surface area (Å²) in [5.41, 5.74) is 2.10. The molecule has 1 aromatic heterocycles. The van der Waals surface area contributed by atoms with Gasteiger partial charge < -0.3 is 10.6 Å². The van der Waals surface area contributed by atoms with Crippen LogP contribution >= 0.6 is 0 Å². The Labute approximate surface area is 155 Å². The lowest BCUT2D eigenvalue weighted by Crippen LogP contribution is -2.40. The van der Waals surface area contributed by atoms with Gasteiger partial charge in [-0.25, -0.2) is 4.68 Å². The monoisotopic (exact) mass is 352 g/mol. The van der Waals surface area contributed by atoms with Crippen LogP contribution in [0.1, 0.15) is 57.1 Å². The van der Waals surface area contributed by atoms with Crippen LogP contribution < -0.4 is 10.6 Å². The molecule has 5 nitrogen and oxygen atoms in total.